The first-order valence-electron chi connectivity index (χ1n) is 8.72. The van der Waals surface area contributed by atoms with Crippen LogP contribution in [0.5, 0.6) is 5.75 Å². The number of hydrogen-bond donors (Lipinski definition) is 0. The molecule has 8 heteroatoms. The minimum absolute atomic E-state index is 0.207. The normalized spacial score (nSPS) is 11.0. The predicted molar refractivity (Wildman–Crippen MR) is 109 cm³/mol. The SMILES string of the molecule is COc1cccc2sc(N(Cc3ccccn3)C(=O)c3nn(C)cc3C)nc12. The van der Waals surface area contributed by atoms with Gasteiger partial charge in [-0.2, -0.15) is 5.10 Å². The van der Waals surface area contributed by atoms with E-state index in [0.29, 0.717) is 23.1 Å². The molecule has 0 fully saturated rings. The van der Waals surface area contributed by atoms with Gasteiger partial charge in [0.05, 0.1) is 24.0 Å². The molecule has 0 aliphatic carbocycles. The van der Waals surface area contributed by atoms with Crippen molar-refractivity contribution in [2.75, 3.05) is 12.0 Å². The molecule has 0 radical (unpaired) electrons. The van der Waals surface area contributed by atoms with Crippen molar-refractivity contribution in [3.63, 3.8) is 0 Å². The highest BCUT2D eigenvalue weighted by atomic mass is 32.1. The van der Waals surface area contributed by atoms with Gasteiger partial charge in [-0.25, -0.2) is 4.98 Å². The van der Waals surface area contributed by atoms with Gasteiger partial charge in [-0.15, -0.1) is 0 Å². The number of anilines is 1. The lowest BCUT2D eigenvalue weighted by molar-refractivity contribution is 0.0978. The number of pyridine rings is 1. The van der Waals surface area contributed by atoms with Crippen LogP contribution in [0.15, 0.2) is 48.8 Å². The van der Waals surface area contributed by atoms with Crippen LogP contribution in [0, 0.1) is 6.92 Å². The summed E-state index contributed by atoms with van der Waals surface area (Å²) in [5.74, 6) is 0.473. The molecule has 0 saturated heterocycles. The molecule has 0 aliphatic heterocycles. The third-order valence-corrected chi connectivity index (χ3v) is 5.37. The van der Waals surface area contributed by atoms with Crippen LogP contribution in [0.3, 0.4) is 0 Å². The third kappa shape index (κ3) is 3.34. The molecule has 4 aromatic rings. The Morgan fingerprint density at radius 3 is 2.79 bits per heavy atom. The van der Waals surface area contributed by atoms with Crippen molar-refractivity contribution in [1.29, 1.82) is 0 Å². The fourth-order valence-corrected chi connectivity index (χ4v) is 4.00. The molecule has 0 unspecified atom stereocenters. The fourth-order valence-electron chi connectivity index (χ4n) is 3.02. The fraction of sp³-hybridized carbons (Fsp3) is 0.200. The lowest BCUT2D eigenvalue weighted by Crippen LogP contribution is -2.31. The van der Waals surface area contributed by atoms with Crippen LogP contribution in [0.4, 0.5) is 5.13 Å². The number of aryl methyl sites for hydroxylation is 2. The zero-order chi connectivity index (χ0) is 19.7. The van der Waals surface area contributed by atoms with Crippen molar-refractivity contribution in [1.82, 2.24) is 19.7 Å². The van der Waals surface area contributed by atoms with E-state index in [-0.39, 0.29) is 5.91 Å². The Morgan fingerprint density at radius 2 is 2.11 bits per heavy atom. The zero-order valence-electron chi connectivity index (χ0n) is 15.8. The molecule has 1 aromatic carbocycles. The van der Waals surface area contributed by atoms with Crippen LogP contribution in [0.25, 0.3) is 10.2 Å². The number of carbonyl (C=O) groups excluding carboxylic acids is 1. The average molecular weight is 393 g/mol. The van der Waals surface area contributed by atoms with Crippen molar-refractivity contribution >= 4 is 32.6 Å². The van der Waals surface area contributed by atoms with Crippen LogP contribution < -0.4 is 9.64 Å². The molecule has 3 aromatic heterocycles. The molecule has 1 amide bonds. The topological polar surface area (TPSA) is 73.1 Å². The summed E-state index contributed by atoms with van der Waals surface area (Å²) >= 11 is 1.44. The number of fused-ring (bicyclic) bond motifs is 1. The van der Waals surface area contributed by atoms with Gasteiger partial charge in [-0.3, -0.25) is 19.4 Å². The zero-order valence-corrected chi connectivity index (χ0v) is 16.6. The molecule has 4 rings (SSSR count). The van der Waals surface area contributed by atoms with Gasteiger partial charge in [-0.1, -0.05) is 23.5 Å². The van der Waals surface area contributed by atoms with Crippen LogP contribution in [-0.2, 0) is 13.6 Å². The number of benzene rings is 1. The Kier molecular flexibility index (Phi) is 4.79. The summed E-state index contributed by atoms with van der Waals surface area (Å²) in [6.07, 6.45) is 3.54. The van der Waals surface area contributed by atoms with Gasteiger partial charge in [0.25, 0.3) is 5.91 Å². The third-order valence-electron chi connectivity index (χ3n) is 4.33. The van der Waals surface area contributed by atoms with Gasteiger partial charge in [0.1, 0.15) is 11.3 Å². The summed E-state index contributed by atoms with van der Waals surface area (Å²) in [5.41, 5.74) is 2.74. The van der Waals surface area contributed by atoms with Gasteiger partial charge >= 0.3 is 0 Å². The molecule has 7 nitrogen and oxygen atoms in total. The van der Waals surface area contributed by atoms with Crippen molar-refractivity contribution in [3.8, 4) is 5.75 Å². The molecule has 3 heterocycles. The number of thiazole rings is 1. The minimum Gasteiger partial charge on any atom is -0.494 e. The van der Waals surface area contributed by atoms with E-state index in [2.05, 4.69) is 10.1 Å². The lowest BCUT2D eigenvalue weighted by Gasteiger charge is -2.18. The second kappa shape index (κ2) is 7.40. The molecule has 0 spiro atoms. The van der Waals surface area contributed by atoms with Gasteiger partial charge < -0.3 is 4.74 Å². The largest absolute Gasteiger partial charge is 0.494 e. The van der Waals surface area contributed by atoms with E-state index < -0.39 is 0 Å². The monoisotopic (exact) mass is 393 g/mol. The van der Waals surface area contributed by atoms with E-state index in [9.17, 15) is 4.79 Å². The summed E-state index contributed by atoms with van der Waals surface area (Å²) in [4.78, 5) is 24.1. The molecular weight excluding hydrogens is 374 g/mol. The summed E-state index contributed by atoms with van der Waals surface area (Å²) in [7, 11) is 3.41. The lowest BCUT2D eigenvalue weighted by atomic mass is 10.2. The van der Waals surface area contributed by atoms with Crippen LogP contribution in [-0.4, -0.2) is 32.8 Å². The van der Waals surface area contributed by atoms with E-state index in [1.807, 2.05) is 49.5 Å². The second-order valence-corrected chi connectivity index (χ2v) is 7.36. The number of methoxy groups -OCH3 is 1. The first kappa shape index (κ1) is 18.1. The Morgan fingerprint density at radius 1 is 1.25 bits per heavy atom. The van der Waals surface area contributed by atoms with E-state index in [0.717, 1.165) is 21.5 Å². The highest BCUT2D eigenvalue weighted by Crippen LogP contribution is 2.35. The summed E-state index contributed by atoms with van der Waals surface area (Å²) < 4.78 is 8.01. The van der Waals surface area contributed by atoms with Crippen molar-refractivity contribution < 1.29 is 9.53 Å². The first-order valence-corrected chi connectivity index (χ1v) is 9.54. The van der Waals surface area contributed by atoms with Gasteiger partial charge in [0.15, 0.2) is 10.8 Å². The number of rotatable bonds is 5. The van der Waals surface area contributed by atoms with Gasteiger partial charge in [0, 0.05) is 25.0 Å². The molecule has 0 saturated carbocycles. The Balaban J connectivity index is 1.81. The van der Waals surface area contributed by atoms with Crippen LogP contribution >= 0.6 is 11.3 Å². The van der Waals surface area contributed by atoms with Gasteiger partial charge in [-0.05, 0) is 31.2 Å². The molecule has 0 atom stereocenters. The number of carbonyl (C=O) groups is 1. The van der Waals surface area contributed by atoms with Gasteiger partial charge in [0.2, 0.25) is 0 Å². The minimum atomic E-state index is -0.207. The molecule has 0 N–H and O–H groups in total. The summed E-state index contributed by atoms with van der Waals surface area (Å²) in [6, 6.07) is 11.4. The second-order valence-electron chi connectivity index (χ2n) is 6.35. The average Bonchev–Trinajstić information content (AvgIpc) is 3.28. The van der Waals surface area contributed by atoms with E-state index in [4.69, 9.17) is 9.72 Å². The predicted octanol–water partition coefficient (Wildman–Crippen LogP) is 3.59. The Bertz CT molecular complexity index is 1140. The highest BCUT2D eigenvalue weighted by molar-refractivity contribution is 7.22. The maximum atomic E-state index is 13.4. The number of para-hydroxylation sites is 1. The van der Waals surface area contributed by atoms with Crippen LogP contribution in [0.2, 0.25) is 0 Å². The maximum absolute atomic E-state index is 13.4. The van der Waals surface area contributed by atoms with E-state index in [1.54, 1.807) is 29.9 Å². The van der Waals surface area contributed by atoms with E-state index >= 15 is 0 Å². The number of ether oxygens (including phenoxy) is 1. The number of hydrogen-bond acceptors (Lipinski definition) is 6. The number of nitrogens with zero attached hydrogens (tertiary/aromatic N) is 5. The summed E-state index contributed by atoms with van der Waals surface area (Å²) in [5, 5.41) is 4.93. The molecular formula is C20H19N5O2S. The quantitative estimate of drug-likeness (QED) is 0.518. The molecule has 0 aliphatic rings. The van der Waals surface area contributed by atoms with Crippen LogP contribution in [0.1, 0.15) is 21.7 Å². The maximum Gasteiger partial charge on any atom is 0.281 e. The summed E-state index contributed by atoms with van der Waals surface area (Å²) in [6.45, 7) is 2.18. The number of amides is 1. The first-order chi connectivity index (χ1) is 13.6. The Hall–Kier alpha value is -3.26. The molecule has 0 bridgehead atoms. The van der Waals surface area contributed by atoms with Crippen molar-refractivity contribution in [3.05, 3.63) is 65.7 Å². The smallest absolute Gasteiger partial charge is 0.281 e. The molecule has 28 heavy (non-hydrogen) atoms. The van der Waals surface area contributed by atoms with Crippen molar-refractivity contribution in [2.24, 2.45) is 7.05 Å². The van der Waals surface area contributed by atoms with E-state index in [1.165, 1.54) is 11.3 Å². The Labute approximate surface area is 166 Å². The molecule has 142 valence electrons. The number of aromatic nitrogens is 4. The van der Waals surface area contributed by atoms with Crippen molar-refractivity contribution in [2.45, 2.75) is 13.5 Å². The highest BCUT2D eigenvalue weighted by Gasteiger charge is 2.26. The standard InChI is InChI=1S/C20H19N5O2S/c1-13-11-24(2)23-17(13)19(26)25(12-14-7-4-5-10-21-14)20-22-18-15(27-3)8-6-9-16(18)28-20/h4-11H,12H2,1-3H3.